The minimum atomic E-state index is 0.726. The first-order chi connectivity index (χ1) is 9.69. The second-order valence-electron chi connectivity index (χ2n) is 4.38. The number of anilines is 1. The molecule has 2 rings (SSSR count). The predicted molar refractivity (Wildman–Crippen MR) is 85.3 cm³/mol. The van der Waals surface area contributed by atoms with E-state index in [1.54, 1.807) is 7.11 Å². The van der Waals surface area contributed by atoms with Gasteiger partial charge in [-0.1, -0.05) is 13.3 Å². The number of nitrogens with zero attached hydrogens (tertiary/aromatic N) is 2. The van der Waals surface area contributed by atoms with Gasteiger partial charge in [0.1, 0.15) is 11.6 Å². The first-order valence-corrected chi connectivity index (χ1v) is 7.37. The summed E-state index contributed by atoms with van der Waals surface area (Å²) in [6, 6.07) is 7.77. The van der Waals surface area contributed by atoms with E-state index in [9.17, 15) is 0 Å². The van der Waals surface area contributed by atoms with Gasteiger partial charge in [0, 0.05) is 12.6 Å². The van der Waals surface area contributed by atoms with Crippen molar-refractivity contribution in [2.24, 2.45) is 0 Å². The highest BCUT2D eigenvalue weighted by atomic mass is 79.9. The standard InChI is InChI=1S/C15H18BrN3O/c1-4-5-12-13(16)15(17-2)19-14(18-12)10-6-8-11(20-3)9-7-10/h6-9H,4-5H2,1-3H3,(H,17,18,19). The van der Waals surface area contributed by atoms with E-state index in [0.29, 0.717) is 0 Å². The van der Waals surface area contributed by atoms with Gasteiger partial charge in [-0.2, -0.15) is 0 Å². The Hall–Kier alpha value is -1.62. The molecule has 0 spiro atoms. The van der Waals surface area contributed by atoms with Gasteiger partial charge in [0.15, 0.2) is 5.82 Å². The summed E-state index contributed by atoms with van der Waals surface area (Å²) in [7, 11) is 3.52. The summed E-state index contributed by atoms with van der Waals surface area (Å²) >= 11 is 3.56. The molecule has 0 atom stereocenters. The van der Waals surface area contributed by atoms with Crippen LogP contribution in [0.15, 0.2) is 28.7 Å². The summed E-state index contributed by atoms with van der Waals surface area (Å²) in [5.74, 6) is 2.37. The lowest BCUT2D eigenvalue weighted by Gasteiger charge is -2.11. The molecule has 0 amide bonds. The third kappa shape index (κ3) is 3.10. The molecular weight excluding hydrogens is 318 g/mol. The van der Waals surface area contributed by atoms with Crippen molar-refractivity contribution in [1.29, 1.82) is 0 Å². The molecule has 20 heavy (non-hydrogen) atoms. The lowest BCUT2D eigenvalue weighted by molar-refractivity contribution is 0.415. The van der Waals surface area contributed by atoms with Crippen molar-refractivity contribution in [3.05, 3.63) is 34.4 Å². The maximum absolute atomic E-state index is 5.17. The molecule has 0 unspecified atom stereocenters. The molecule has 0 aliphatic rings. The summed E-state index contributed by atoms with van der Waals surface area (Å²) in [6.07, 6.45) is 1.96. The summed E-state index contributed by atoms with van der Waals surface area (Å²) in [5, 5.41) is 3.10. The molecular formula is C15H18BrN3O. The van der Waals surface area contributed by atoms with Crippen LogP contribution in [0.3, 0.4) is 0 Å². The fourth-order valence-electron chi connectivity index (χ4n) is 1.93. The second kappa shape index (κ2) is 6.70. The molecule has 0 saturated carbocycles. The number of hydrogen-bond donors (Lipinski definition) is 1. The Balaban J connectivity index is 2.46. The molecule has 1 N–H and O–H groups in total. The lowest BCUT2D eigenvalue weighted by Crippen LogP contribution is -2.03. The van der Waals surface area contributed by atoms with Crippen molar-refractivity contribution in [3.63, 3.8) is 0 Å². The van der Waals surface area contributed by atoms with Gasteiger partial charge in [-0.25, -0.2) is 9.97 Å². The Morgan fingerprint density at radius 3 is 2.45 bits per heavy atom. The topological polar surface area (TPSA) is 47.0 Å². The Morgan fingerprint density at radius 1 is 1.20 bits per heavy atom. The molecule has 0 radical (unpaired) electrons. The van der Waals surface area contributed by atoms with E-state index in [0.717, 1.165) is 46.0 Å². The van der Waals surface area contributed by atoms with E-state index in [1.165, 1.54) is 0 Å². The fraction of sp³-hybridized carbons (Fsp3) is 0.333. The van der Waals surface area contributed by atoms with Crippen LogP contribution in [-0.2, 0) is 6.42 Å². The van der Waals surface area contributed by atoms with Gasteiger partial charge in [0.05, 0.1) is 17.3 Å². The van der Waals surface area contributed by atoms with Crippen molar-refractivity contribution < 1.29 is 4.74 Å². The van der Waals surface area contributed by atoms with Gasteiger partial charge in [0.25, 0.3) is 0 Å². The van der Waals surface area contributed by atoms with Crippen LogP contribution in [0.5, 0.6) is 5.75 Å². The van der Waals surface area contributed by atoms with Crippen LogP contribution in [0.2, 0.25) is 0 Å². The Labute approximate surface area is 127 Å². The van der Waals surface area contributed by atoms with Gasteiger partial charge in [-0.05, 0) is 46.6 Å². The van der Waals surface area contributed by atoms with Crippen molar-refractivity contribution in [1.82, 2.24) is 9.97 Å². The summed E-state index contributed by atoms with van der Waals surface area (Å²) in [6.45, 7) is 2.14. The number of benzene rings is 1. The van der Waals surface area contributed by atoms with Crippen LogP contribution in [0.1, 0.15) is 19.0 Å². The van der Waals surface area contributed by atoms with Gasteiger partial charge >= 0.3 is 0 Å². The SMILES string of the molecule is CCCc1nc(-c2ccc(OC)cc2)nc(NC)c1Br. The number of methoxy groups -OCH3 is 1. The average molecular weight is 336 g/mol. The number of ether oxygens (including phenoxy) is 1. The average Bonchev–Trinajstić information content (AvgIpc) is 2.49. The maximum atomic E-state index is 5.17. The van der Waals surface area contributed by atoms with Gasteiger partial charge in [-0.15, -0.1) is 0 Å². The number of rotatable bonds is 5. The first kappa shape index (κ1) is 14.8. The van der Waals surface area contributed by atoms with E-state index in [4.69, 9.17) is 4.74 Å². The van der Waals surface area contributed by atoms with Crippen LogP contribution in [0.25, 0.3) is 11.4 Å². The monoisotopic (exact) mass is 335 g/mol. The molecule has 0 aliphatic carbocycles. The molecule has 106 valence electrons. The number of halogens is 1. The maximum Gasteiger partial charge on any atom is 0.161 e. The van der Waals surface area contributed by atoms with Crippen molar-refractivity contribution in [2.45, 2.75) is 19.8 Å². The van der Waals surface area contributed by atoms with E-state index in [2.05, 4.69) is 38.1 Å². The number of aromatic nitrogens is 2. The highest BCUT2D eigenvalue weighted by molar-refractivity contribution is 9.10. The molecule has 0 bridgehead atoms. The second-order valence-corrected chi connectivity index (χ2v) is 5.18. The number of aryl methyl sites for hydroxylation is 1. The highest BCUT2D eigenvalue weighted by Crippen LogP contribution is 2.28. The molecule has 1 aromatic heterocycles. The van der Waals surface area contributed by atoms with Crippen molar-refractivity contribution in [3.8, 4) is 17.1 Å². The van der Waals surface area contributed by atoms with E-state index in [1.807, 2.05) is 31.3 Å². The van der Waals surface area contributed by atoms with Crippen LogP contribution in [-0.4, -0.2) is 24.1 Å². The lowest BCUT2D eigenvalue weighted by atomic mass is 10.2. The molecule has 1 aromatic carbocycles. The van der Waals surface area contributed by atoms with Crippen molar-refractivity contribution in [2.75, 3.05) is 19.5 Å². The van der Waals surface area contributed by atoms with Crippen molar-refractivity contribution >= 4 is 21.7 Å². The molecule has 0 fully saturated rings. The van der Waals surface area contributed by atoms with Gasteiger partial charge in [0.2, 0.25) is 0 Å². The summed E-state index contributed by atoms with van der Waals surface area (Å²) < 4.78 is 6.11. The molecule has 2 aromatic rings. The predicted octanol–water partition coefficient (Wildman–Crippen LogP) is 3.91. The Bertz CT molecular complexity index is 584. The number of hydrogen-bond acceptors (Lipinski definition) is 4. The van der Waals surface area contributed by atoms with Crippen LogP contribution < -0.4 is 10.1 Å². The third-order valence-electron chi connectivity index (χ3n) is 2.99. The highest BCUT2D eigenvalue weighted by Gasteiger charge is 2.12. The smallest absolute Gasteiger partial charge is 0.161 e. The van der Waals surface area contributed by atoms with Gasteiger partial charge < -0.3 is 10.1 Å². The van der Waals surface area contributed by atoms with Crippen LogP contribution >= 0.6 is 15.9 Å². The van der Waals surface area contributed by atoms with E-state index >= 15 is 0 Å². The summed E-state index contributed by atoms with van der Waals surface area (Å²) in [4.78, 5) is 9.21. The zero-order chi connectivity index (χ0) is 14.5. The Morgan fingerprint density at radius 2 is 1.90 bits per heavy atom. The molecule has 0 saturated heterocycles. The Kier molecular flexibility index (Phi) is 4.95. The zero-order valence-corrected chi connectivity index (χ0v) is 13.5. The molecule has 1 heterocycles. The van der Waals surface area contributed by atoms with E-state index in [-0.39, 0.29) is 0 Å². The molecule has 0 aliphatic heterocycles. The quantitative estimate of drug-likeness (QED) is 0.899. The summed E-state index contributed by atoms with van der Waals surface area (Å²) in [5.41, 5.74) is 2.00. The minimum Gasteiger partial charge on any atom is -0.497 e. The van der Waals surface area contributed by atoms with E-state index < -0.39 is 0 Å². The normalized spacial score (nSPS) is 10.4. The molecule has 5 heteroatoms. The third-order valence-corrected chi connectivity index (χ3v) is 3.82. The first-order valence-electron chi connectivity index (χ1n) is 6.58. The fourth-order valence-corrected chi connectivity index (χ4v) is 2.50. The van der Waals surface area contributed by atoms with Crippen LogP contribution in [0.4, 0.5) is 5.82 Å². The van der Waals surface area contributed by atoms with Gasteiger partial charge in [-0.3, -0.25) is 0 Å². The minimum absolute atomic E-state index is 0.726. The zero-order valence-electron chi connectivity index (χ0n) is 11.9. The number of nitrogens with one attached hydrogen (secondary N) is 1. The van der Waals surface area contributed by atoms with Crippen LogP contribution in [0, 0.1) is 0 Å². The molecule has 4 nitrogen and oxygen atoms in total. The largest absolute Gasteiger partial charge is 0.497 e.